The Hall–Kier alpha value is -2.40. The SMILES string of the molecule is Cn1cc(CCC(=O)N2CCN(C/C=C\c3ccccc3)CC2)cn1. The van der Waals surface area contributed by atoms with Crippen molar-refractivity contribution in [1.82, 2.24) is 19.6 Å². The highest BCUT2D eigenvalue weighted by molar-refractivity contribution is 5.76. The van der Waals surface area contributed by atoms with Crippen molar-refractivity contribution in [2.45, 2.75) is 12.8 Å². The number of hydrogen-bond donors (Lipinski definition) is 0. The molecule has 0 aliphatic carbocycles. The van der Waals surface area contributed by atoms with E-state index < -0.39 is 0 Å². The lowest BCUT2D eigenvalue weighted by Crippen LogP contribution is -2.48. The number of amides is 1. The normalized spacial score (nSPS) is 15.8. The molecule has 25 heavy (non-hydrogen) atoms. The molecule has 5 heteroatoms. The Labute approximate surface area is 149 Å². The van der Waals surface area contributed by atoms with Gasteiger partial charge in [-0.05, 0) is 17.5 Å². The lowest BCUT2D eigenvalue weighted by molar-refractivity contribution is -0.132. The van der Waals surface area contributed by atoms with Crippen LogP contribution in [0.4, 0.5) is 0 Å². The molecule has 1 fully saturated rings. The molecule has 0 radical (unpaired) electrons. The van der Waals surface area contributed by atoms with Crippen molar-refractivity contribution < 1.29 is 4.79 Å². The third-order valence-electron chi connectivity index (χ3n) is 4.58. The fraction of sp³-hybridized carbons (Fsp3) is 0.400. The zero-order valence-electron chi connectivity index (χ0n) is 14.8. The van der Waals surface area contributed by atoms with Crippen LogP contribution in [0.1, 0.15) is 17.5 Å². The fourth-order valence-corrected chi connectivity index (χ4v) is 3.09. The molecule has 1 amide bonds. The van der Waals surface area contributed by atoms with E-state index in [1.807, 2.05) is 30.4 Å². The van der Waals surface area contributed by atoms with Crippen LogP contribution in [0, 0.1) is 0 Å². The molecule has 3 rings (SSSR count). The van der Waals surface area contributed by atoms with Gasteiger partial charge in [-0.25, -0.2) is 0 Å². The number of hydrogen-bond acceptors (Lipinski definition) is 3. The summed E-state index contributed by atoms with van der Waals surface area (Å²) >= 11 is 0. The quantitative estimate of drug-likeness (QED) is 0.811. The van der Waals surface area contributed by atoms with Crippen LogP contribution in [0.5, 0.6) is 0 Å². The van der Waals surface area contributed by atoms with Gasteiger partial charge in [0.2, 0.25) is 5.91 Å². The van der Waals surface area contributed by atoms with Crippen molar-refractivity contribution in [2.24, 2.45) is 7.05 Å². The van der Waals surface area contributed by atoms with Crippen molar-refractivity contribution in [2.75, 3.05) is 32.7 Å². The molecule has 132 valence electrons. The highest BCUT2D eigenvalue weighted by atomic mass is 16.2. The van der Waals surface area contributed by atoms with Crippen molar-refractivity contribution in [3.63, 3.8) is 0 Å². The van der Waals surface area contributed by atoms with Crippen LogP contribution >= 0.6 is 0 Å². The summed E-state index contributed by atoms with van der Waals surface area (Å²) in [5.74, 6) is 0.253. The molecule has 1 aliphatic heterocycles. The van der Waals surface area contributed by atoms with Crippen molar-refractivity contribution in [3.05, 3.63) is 59.9 Å². The number of nitrogens with zero attached hydrogens (tertiary/aromatic N) is 4. The van der Waals surface area contributed by atoms with Crippen molar-refractivity contribution >= 4 is 12.0 Å². The van der Waals surface area contributed by atoms with E-state index in [2.05, 4.69) is 46.4 Å². The van der Waals surface area contributed by atoms with Crippen LogP contribution in [0.2, 0.25) is 0 Å². The maximum absolute atomic E-state index is 12.4. The third kappa shape index (κ3) is 5.29. The van der Waals surface area contributed by atoms with E-state index in [-0.39, 0.29) is 5.91 Å². The average Bonchev–Trinajstić information content (AvgIpc) is 3.06. The predicted molar refractivity (Wildman–Crippen MR) is 100 cm³/mol. The third-order valence-corrected chi connectivity index (χ3v) is 4.58. The lowest BCUT2D eigenvalue weighted by Gasteiger charge is -2.34. The zero-order valence-corrected chi connectivity index (χ0v) is 14.8. The smallest absolute Gasteiger partial charge is 0.222 e. The van der Waals surface area contributed by atoms with Gasteiger partial charge in [-0.2, -0.15) is 5.10 Å². The number of carbonyl (C=O) groups is 1. The Balaban J connectivity index is 1.37. The number of benzene rings is 1. The maximum Gasteiger partial charge on any atom is 0.222 e. The summed E-state index contributed by atoms with van der Waals surface area (Å²) in [7, 11) is 1.90. The van der Waals surface area contributed by atoms with Gasteiger partial charge in [-0.1, -0.05) is 42.5 Å². The maximum atomic E-state index is 12.4. The minimum absolute atomic E-state index is 0.253. The van der Waals surface area contributed by atoms with E-state index in [4.69, 9.17) is 0 Å². The monoisotopic (exact) mass is 338 g/mol. The number of aryl methyl sites for hydroxylation is 2. The van der Waals surface area contributed by atoms with Crippen molar-refractivity contribution in [1.29, 1.82) is 0 Å². The largest absolute Gasteiger partial charge is 0.340 e. The van der Waals surface area contributed by atoms with Gasteiger partial charge < -0.3 is 4.90 Å². The first-order chi connectivity index (χ1) is 12.2. The van der Waals surface area contributed by atoms with Gasteiger partial charge >= 0.3 is 0 Å². The molecule has 0 unspecified atom stereocenters. The average molecular weight is 338 g/mol. The van der Waals surface area contributed by atoms with Crippen LogP contribution in [0.3, 0.4) is 0 Å². The molecule has 0 N–H and O–H groups in total. The van der Waals surface area contributed by atoms with Crippen LogP contribution in [-0.4, -0.2) is 58.2 Å². The first kappa shape index (κ1) is 17.4. The summed E-state index contributed by atoms with van der Waals surface area (Å²) in [6.07, 6.45) is 9.52. The highest BCUT2D eigenvalue weighted by Crippen LogP contribution is 2.08. The van der Waals surface area contributed by atoms with E-state index in [0.29, 0.717) is 6.42 Å². The predicted octanol–water partition coefficient (Wildman–Crippen LogP) is 2.21. The number of rotatable bonds is 6. The molecular formula is C20H26N4O. The summed E-state index contributed by atoms with van der Waals surface area (Å²) in [6, 6.07) is 10.3. The summed E-state index contributed by atoms with van der Waals surface area (Å²) in [4.78, 5) is 16.7. The molecule has 0 atom stereocenters. The van der Waals surface area contributed by atoms with Crippen LogP contribution in [0.25, 0.3) is 6.08 Å². The van der Waals surface area contributed by atoms with Gasteiger partial charge in [0.15, 0.2) is 0 Å². The molecule has 1 saturated heterocycles. The van der Waals surface area contributed by atoms with E-state index >= 15 is 0 Å². The van der Waals surface area contributed by atoms with Gasteiger partial charge in [-0.3, -0.25) is 14.4 Å². The number of aromatic nitrogens is 2. The Morgan fingerprint density at radius 1 is 1.16 bits per heavy atom. The molecule has 0 saturated carbocycles. The minimum Gasteiger partial charge on any atom is -0.340 e. The van der Waals surface area contributed by atoms with Gasteiger partial charge in [0.25, 0.3) is 0 Å². The first-order valence-electron chi connectivity index (χ1n) is 8.90. The Kier molecular flexibility index (Phi) is 6.01. The molecule has 1 aromatic carbocycles. The lowest BCUT2D eigenvalue weighted by atomic mass is 10.1. The van der Waals surface area contributed by atoms with E-state index in [1.54, 1.807) is 4.68 Å². The second kappa shape index (κ2) is 8.62. The van der Waals surface area contributed by atoms with E-state index in [9.17, 15) is 4.79 Å². The second-order valence-corrected chi connectivity index (χ2v) is 6.52. The summed E-state index contributed by atoms with van der Waals surface area (Å²) in [6.45, 7) is 4.47. The highest BCUT2D eigenvalue weighted by Gasteiger charge is 2.20. The molecule has 5 nitrogen and oxygen atoms in total. The van der Waals surface area contributed by atoms with Crippen molar-refractivity contribution in [3.8, 4) is 0 Å². The van der Waals surface area contributed by atoms with Crippen LogP contribution in [-0.2, 0) is 18.3 Å². The number of piperazine rings is 1. The Morgan fingerprint density at radius 3 is 2.60 bits per heavy atom. The standard InChI is InChI=1S/C20H26N4O/c1-22-17-19(16-21-22)9-10-20(25)24-14-12-23(13-15-24)11-5-8-18-6-3-2-4-7-18/h2-8,16-17H,9-15H2,1H3/b8-5-. The minimum atomic E-state index is 0.253. The summed E-state index contributed by atoms with van der Waals surface area (Å²) in [5.41, 5.74) is 2.35. The topological polar surface area (TPSA) is 41.4 Å². The molecule has 0 spiro atoms. The molecule has 1 aromatic heterocycles. The molecule has 2 heterocycles. The Morgan fingerprint density at radius 2 is 1.92 bits per heavy atom. The molecule has 1 aliphatic rings. The molecule has 0 bridgehead atoms. The van der Waals surface area contributed by atoms with Gasteiger partial charge in [-0.15, -0.1) is 0 Å². The fourth-order valence-electron chi connectivity index (χ4n) is 3.09. The van der Waals surface area contributed by atoms with Gasteiger partial charge in [0, 0.05) is 52.4 Å². The first-order valence-corrected chi connectivity index (χ1v) is 8.90. The molecular weight excluding hydrogens is 312 g/mol. The molecule has 2 aromatic rings. The van der Waals surface area contributed by atoms with E-state index in [0.717, 1.165) is 44.7 Å². The van der Waals surface area contributed by atoms with Gasteiger partial charge in [0.05, 0.1) is 6.20 Å². The van der Waals surface area contributed by atoms with Crippen LogP contribution < -0.4 is 0 Å². The Bertz CT molecular complexity index is 699. The van der Waals surface area contributed by atoms with Crippen LogP contribution in [0.15, 0.2) is 48.8 Å². The summed E-state index contributed by atoms with van der Waals surface area (Å²) in [5, 5.41) is 4.15. The summed E-state index contributed by atoms with van der Waals surface area (Å²) < 4.78 is 1.78. The second-order valence-electron chi connectivity index (χ2n) is 6.52. The zero-order chi connectivity index (χ0) is 17.5. The van der Waals surface area contributed by atoms with Gasteiger partial charge in [0.1, 0.15) is 0 Å². The number of carbonyl (C=O) groups excluding carboxylic acids is 1. The van der Waals surface area contributed by atoms with E-state index in [1.165, 1.54) is 5.56 Å².